The van der Waals surface area contributed by atoms with E-state index in [0.717, 1.165) is 10.5 Å². The van der Waals surface area contributed by atoms with E-state index in [-0.39, 0.29) is 11.9 Å². The number of carbonyl (C=O) groups excluding carboxylic acids is 1. The predicted octanol–water partition coefficient (Wildman–Crippen LogP) is 4.49. The topological polar surface area (TPSA) is 68.0 Å². The molecule has 3 aromatic rings. The van der Waals surface area contributed by atoms with E-state index in [1.54, 1.807) is 17.8 Å². The van der Waals surface area contributed by atoms with Crippen LogP contribution in [0.15, 0.2) is 63.9 Å². The Hall–Kier alpha value is -2.60. The van der Waals surface area contributed by atoms with Crippen LogP contribution in [0.5, 0.6) is 0 Å². The van der Waals surface area contributed by atoms with Crippen molar-refractivity contribution in [2.75, 3.05) is 5.32 Å². The maximum absolute atomic E-state index is 12.3. The summed E-state index contributed by atoms with van der Waals surface area (Å²) in [5, 5.41) is 10.9. The Balaban J connectivity index is 1.72. The zero-order chi connectivity index (χ0) is 16.9. The molecule has 0 unspecified atom stereocenters. The van der Waals surface area contributed by atoms with Crippen molar-refractivity contribution in [1.82, 2.24) is 10.2 Å². The maximum Gasteiger partial charge on any atom is 0.322 e. The van der Waals surface area contributed by atoms with E-state index < -0.39 is 0 Å². The first-order valence-corrected chi connectivity index (χ1v) is 8.47. The molecule has 3 rings (SSSR count). The van der Waals surface area contributed by atoms with Gasteiger partial charge in [-0.15, -0.1) is 16.9 Å². The molecule has 0 saturated carbocycles. The molecule has 0 spiro atoms. The molecule has 1 aromatic heterocycles. The molecule has 0 aliphatic rings. The normalized spacial score (nSPS) is 10.8. The molecule has 1 N–H and O–H groups in total. The van der Waals surface area contributed by atoms with Gasteiger partial charge in [0.2, 0.25) is 5.89 Å². The maximum atomic E-state index is 12.3. The number of hydrogen-bond donors (Lipinski definition) is 1. The van der Waals surface area contributed by atoms with Gasteiger partial charge in [-0.25, -0.2) is 0 Å². The van der Waals surface area contributed by atoms with Gasteiger partial charge in [-0.2, -0.15) is 0 Å². The molecule has 1 amide bonds. The predicted molar refractivity (Wildman–Crippen MR) is 95.1 cm³/mol. The molecule has 0 saturated heterocycles. The Morgan fingerprint density at radius 1 is 1.08 bits per heavy atom. The molecule has 0 bridgehead atoms. The molecule has 0 aliphatic carbocycles. The fourth-order valence-corrected chi connectivity index (χ4v) is 3.02. The number of benzene rings is 2. The summed E-state index contributed by atoms with van der Waals surface area (Å²) >= 11 is 1.71. The highest BCUT2D eigenvalue weighted by Crippen LogP contribution is 2.24. The van der Waals surface area contributed by atoms with Crippen LogP contribution in [0.4, 0.5) is 6.01 Å². The van der Waals surface area contributed by atoms with E-state index in [9.17, 15) is 4.79 Å². The first-order valence-electron chi connectivity index (χ1n) is 7.59. The molecule has 122 valence electrons. The molecule has 24 heavy (non-hydrogen) atoms. The monoisotopic (exact) mass is 339 g/mol. The van der Waals surface area contributed by atoms with Gasteiger partial charge >= 0.3 is 6.01 Å². The van der Waals surface area contributed by atoms with E-state index in [1.165, 1.54) is 0 Å². The number of carbonyl (C=O) groups is 1. The lowest BCUT2D eigenvalue weighted by molar-refractivity contribution is 0.102. The first kappa shape index (κ1) is 16.3. The summed E-state index contributed by atoms with van der Waals surface area (Å²) in [6, 6.07) is 17.0. The average Bonchev–Trinajstić information content (AvgIpc) is 3.04. The van der Waals surface area contributed by atoms with Crippen LogP contribution in [0.1, 0.15) is 24.2 Å². The number of thioether (sulfide) groups is 1. The average molecular weight is 339 g/mol. The Kier molecular flexibility index (Phi) is 4.96. The van der Waals surface area contributed by atoms with E-state index in [1.807, 2.05) is 48.5 Å². The van der Waals surface area contributed by atoms with Gasteiger partial charge in [0.05, 0.1) is 0 Å². The van der Waals surface area contributed by atoms with Crippen molar-refractivity contribution >= 4 is 23.7 Å². The summed E-state index contributed by atoms with van der Waals surface area (Å²) < 4.78 is 5.50. The van der Waals surface area contributed by atoms with Crippen LogP contribution in [0, 0.1) is 0 Å². The smallest absolute Gasteiger partial charge is 0.322 e. The minimum absolute atomic E-state index is 0.0840. The van der Waals surface area contributed by atoms with Crippen LogP contribution >= 0.6 is 11.8 Å². The fraction of sp³-hybridized carbons (Fsp3) is 0.167. The molecular weight excluding hydrogens is 322 g/mol. The number of nitrogens with one attached hydrogen (secondary N) is 1. The lowest BCUT2D eigenvalue weighted by Crippen LogP contribution is -2.12. The second-order valence-electron chi connectivity index (χ2n) is 5.43. The van der Waals surface area contributed by atoms with Crippen molar-refractivity contribution in [2.24, 2.45) is 0 Å². The van der Waals surface area contributed by atoms with E-state index in [4.69, 9.17) is 4.42 Å². The molecule has 0 fully saturated rings. The Bertz CT molecular complexity index is 831. The van der Waals surface area contributed by atoms with E-state index in [2.05, 4.69) is 29.4 Å². The van der Waals surface area contributed by atoms with E-state index in [0.29, 0.717) is 16.7 Å². The van der Waals surface area contributed by atoms with Crippen molar-refractivity contribution in [2.45, 2.75) is 24.0 Å². The van der Waals surface area contributed by atoms with Gasteiger partial charge in [0.15, 0.2) is 0 Å². The van der Waals surface area contributed by atoms with Crippen LogP contribution in [0.25, 0.3) is 11.5 Å². The van der Waals surface area contributed by atoms with Crippen molar-refractivity contribution in [3.05, 3.63) is 60.2 Å². The highest BCUT2D eigenvalue weighted by Gasteiger charge is 2.13. The zero-order valence-electron chi connectivity index (χ0n) is 13.4. The van der Waals surface area contributed by atoms with Crippen LogP contribution in [-0.2, 0) is 0 Å². The second kappa shape index (κ2) is 7.31. The fourth-order valence-electron chi connectivity index (χ4n) is 2.12. The standard InChI is InChI=1S/C18H17N3O2S/c1-12(2)24-15-10-6-9-14(11-15)16(22)19-18-21-20-17(23-18)13-7-4-3-5-8-13/h3-12H,1-2H3,(H,19,21,22). The highest BCUT2D eigenvalue weighted by atomic mass is 32.2. The first-order chi connectivity index (χ1) is 11.6. The van der Waals surface area contributed by atoms with Crippen molar-refractivity contribution < 1.29 is 9.21 Å². The van der Waals surface area contributed by atoms with Crippen molar-refractivity contribution in [1.29, 1.82) is 0 Å². The largest absolute Gasteiger partial charge is 0.403 e. The molecule has 0 atom stereocenters. The summed E-state index contributed by atoms with van der Waals surface area (Å²) in [6.45, 7) is 4.22. The van der Waals surface area contributed by atoms with Gasteiger partial charge in [-0.3, -0.25) is 10.1 Å². The molecule has 6 heteroatoms. The van der Waals surface area contributed by atoms with Crippen LogP contribution in [0.3, 0.4) is 0 Å². The molecule has 1 heterocycles. The Morgan fingerprint density at radius 2 is 1.88 bits per heavy atom. The summed E-state index contributed by atoms with van der Waals surface area (Å²) in [7, 11) is 0. The Morgan fingerprint density at radius 3 is 2.62 bits per heavy atom. The molecule has 2 aromatic carbocycles. The highest BCUT2D eigenvalue weighted by molar-refractivity contribution is 7.99. The third-order valence-corrected chi connectivity index (χ3v) is 4.13. The molecular formula is C18H17N3O2S. The lowest BCUT2D eigenvalue weighted by atomic mass is 10.2. The summed E-state index contributed by atoms with van der Waals surface area (Å²) in [5.41, 5.74) is 1.36. The minimum Gasteiger partial charge on any atom is -0.403 e. The second-order valence-corrected chi connectivity index (χ2v) is 7.08. The summed E-state index contributed by atoms with van der Waals surface area (Å²) in [6.07, 6.45) is 0. The van der Waals surface area contributed by atoms with Crippen LogP contribution in [0.2, 0.25) is 0 Å². The Labute approximate surface area is 144 Å². The minimum atomic E-state index is -0.274. The van der Waals surface area contributed by atoms with Gasteiger partial charge < -0.3 is 4.42 Å². The van der Waals surface area contributed by atoms with Gasteiger partial charge in [-0.05, 0) is 30.3 Å². The van der Waals surface area contributed by atoms with Crippen molar-refractivity contribution in [3.63, 3.8) is 0 Å². The summed E-state index contributed by atoms with van der Waals surface area (Å²) in [4.78, 5) is 13.4. The summed E-state index contributed by atoms with van der Waals surface area (Å²) in [5.74, 6) is 0.0967. The lowest BCUT2D eigenvalue weighted by Gasteiger charge is -2.06. The van der Waals surface area contributed by atoms with E-state index >= 15 is 0 Å². The molecule has 0 aliphatic heterocycles. The number of anilines is 1. The third kappa shape index (κ3) is 4.02. The number of aromatic nitrogens is 2. The van der Waals surface area contributed by atoms with Gasteiger partial charge in [0, 0.05) is 21.3 Å². The zero-order valence-corrected chi connectivity index (χ0v) is 14.2. The van der Waals surface area contributed by atoms with Crippen molar-refractivity contribution in [3.8, 4) is 11.5 Å². The molecule has 5 nitrogen and oxygen atoms in total. The number of rotatable bonds is 5. The van der Waals surface area contributed by atoms with Crippen LogP contribution < -0.4 is 5.32 Å². The van der Waals surface area contributed by atoms with Gasteiger partial charge in [0.25, 0.3) is 5.91 Å². The number of amides is 1. The number of hydrogen-bond acceptors (Lipinski definition) is 5. The quantitative estimate of drug-likeness (QED) is 0.694. The third-order valence-electron chi connectivity index (χ3n) is 3.13. The number of nitrogens with zero attached hydrogens (tertiary/aromatic N) is 2. The van der Waals surface area contributed by atoms with Gasteiger partial charge in [0.1, 0.15) is 0 Å². The van der Waals surface area contributed by atoms with Gasteiger partial charge in [-0.1, -0.05) is 43.2 Å². The van der Waals surface area contributed by atoms with Crippen LogP contribution in [-0.4, -0.2) is 21.4 Å². The molecule has 0 radical (unpaired) electrons. The SMILES string of the molecule is CC(C)Sc1cccc(C(=O)Nc2nnc(-c3ccccc3)o2)c1.